The summed E-state index contributed by atoms with van der Waals surface area (Å²) in [6, 6.07) is 0. The predicted octanol–water partition coefficient (Wildman–Crippen LogP) is 1.14. The lowest BCUT2D eigenvalue weighted by Gasteiger charge is -2.22. The number of diazo groups is 1. The van der Waals surface area contributed by atoms with Crippen molar-refractivity contribution in [2.75, 3.05) is 13.2 Å². The van der Waals surface area contributed by atoms with Crippen LogP contribution in [0.25, 0.3) is 4.98 Å². The molecule has 1 saturated heterocycles. The number of imide groups is 1. The fourth-order valence-corrected chi connectivity index (χ4v) is 1.53. The van der Waals surface area contributed by atoms with E-state index in [1.54, 1.807) is 6.92 Å². The normalized spacial score (nSPS) is 17.2. The molecular weight excluding hydrogens is 226 g/mol. The lowest BCUT2D eigenvalue weighted by molar-refractivity contribution is -0.144. The molecule has 0 unspecified atom stereocenters. The van der Waals surface area contributed by atoms with Crippen LogP contribution < -0.4 is 0 Å². The number of likely N-dealkylation sites (tertiary alicyclic amines) is 1. The highest BCUT2D eigenvalue weighted by atomic mass is 16.6. The molecule has 1 aliphatic heterocycles. The van der Waals surface area contributed by atoms with E-state index in [9.17, 15) is 14.7 Å². The Kier molecular flexibility index (Phi) is 4.46. The summed E-state index contributed by atoms with van der Waals surface area (Å²) in [4.78, 5) is 26.9. The average Bonchev–Trinajstić information content (AvgIpc) is 2.30. The van der Waals surface area contributed by atoms with E-state index < -0.39 is 17.5 Å². The summed E-state index contributed by atoms with van der Waals surface area (Å²) >= 11 is 0. The van der Waals surface area contributed by atoms with E-state index in [1.807, 2.05) is 0 Å². The maximum Gasteiger partial charge on any atom is 0.528 e. The minimum Gasteiger partial charge on any atom is -0.475 e. The van der Waals surface area contributed by atoms with E-state index in [0.29, 0.717) is 6.42 Å². The van der Waals surface area contributed by atoms with Crippen LogP contribution in [-0.4, -0.2) is 35.0 Å². The van der Waals surface area contributed by atoms with Gasteiger partial charge < -0.3 is 9.84 Å². The second kappa shape index (κ2) is 5.84. The quantitative estimate of drug-likeness (QED) is 0.453. The number of nitrogens with zero attached hydrogens (tertiary/aromatic N) is 3. The Hall–Kier alpha value is -2.10. The van der Waals surface area contributed by atoms with Crippen LogP contribution >= 0.6 is 0 Å². The summed E-state index contributed by atoms with van der Waals surface area (Å²) in [6.07, 6.45) is 1.71. The summed E-state index contributed by atoms with van der Waals surface area (Å²) in [5.74, 6) is -1.96. The van der Waals surface area contributed by atoms with E-state index in [2.05, 4.69) is 9.71 Å². The number of hydrogen-bond acceptors (Lipinski definition) is 5. The van der Waals surface area contributed by atoms with Crippen molar-refractivity contribution in [3.8, 4) is 0 Å². The van der Waals surface area contributed by atoms with Crippen molar-refractivity contribution in [2.45, 2.75) is 26.2 Å². The molecule has 1 N–H and O–H groups in total. The summed E-state index contributed by atoms with van der Waals surface area (Å²) < 4.78 is 4.66. The van der Waals surface area contributed by atoms with Gasteiger partial charge in [-0.15, -0.1) is 0 Å². The Morgan fingerprint density at radius 2 is 2.29 bits per heavy atom. The topological polar surface area (TPSA) is 95.0 Å². The Bertz CT molecular complexity index is 397. The van der Waals surface area contributed by atoms with Gasteiger partial charge in [-0.05, 0) is 19.8 Å². The highest BCUT2D eigenvalue weighted by Gasteiger charge is 2.38. The molecule has 2 amide bonds. The first-order chi connectivity index (χ1) is 8.11. The van der Waals surface area contributed by atoms with E-state index in [0.717, 1.165) is 11.3 Å². The minimum absolute atomic E-state index is 0.117. The first-order valence-electron chi connectivity index (χ1n) is 5.37. The van der Waals surface area contributed by atoms with Gasteiger partial charge in [0.25, 0.3) is 0 Å². The first-order valence-corrected chi connectivity index (χ1v) is 5.37. The SMILES string of the molecule is CCO/C(O)=C(/[N+]#N)C(=O)N1CCCCC1=O. The van der Waals surface area contributed by atoms with Gasteiger partial charge in [-0.25, -0.2) is 0 Å². The summed E-state index contributed by atoms with van der Waals surface area (Å²) in [7, 11) is 0. The van der Waals surface area contributed by atoms with Crippen molar-refractivity contribution >= 4 is 11.8 Å². The van der Waals surface area contributed by atoms with E-state index in [1.165, 1.54) is 0 Å². The molecule has 0 bridgehead atoms. The third-order valence-electron chi connectivity index (χ3n) is 2.35. The molecule has 7 heteroatoms. The van der Waals surface area contributed by atoms with Crippen LogP contribution in [0.4, 0.5) is 0 Å². The first kappa shape index (κ1) is 13.0. The molecule has 92 valence electrons. The monoisotopic (exact) mass is 240 g/mol. The van der Waals surface area contributed by atoms with Crippen LogP contribution in [0.1, 0.15) is 26.2 Å². The Morgan fingerprint density at radius 1 is 1.59 bits per heavy atom. The second-order valence-electron chi connectivity index (χ2n) is 3.49. The Labute approximate surface area is 98.3 Å². The largest absolute Gasteiger partial charge is 0.528 e. The molecule has 1 heterocycles. The van der Waals surface area contributed by atoms with Crippen molar-refractivity contribution in [2.24, 2.45) is 0 Å². The molecule has 0 aliphatic carbocycles. The fraction of sp³-hybridized carbons (Fsp3) is 0.600. The number of carbonyl (C=O) groups excluding carboxylic acids is 2. The number of ether oxygens (including phenoxy) is 1. The zero-order chi connectivity index (χ0) is 12.8. The van der Waals surface area contributed by atoms with Gasteiger partial charge in [0.2, 0.25) is 11.3 Å². The van der Waals surface area contributed by atoms with Crippen molar-refractivity contribution in [1.29, 1.82) is 5.39 Å². The number of carbonyl (C=O) groups is 2. The average molecular weight is 240 g/mol. The summed E-state index contributed by atoms with van der Waals surface area (Å²) in [5.41, 5.74) is -0.651. The van der Waals surface area contributed by atoms with Gasteiger partial charge in [0.1, 0.15) is 0 Å². The van der Waals surface area contributed by atoms with Crippen molar-refractivity contribution in [1.82, 2.24) is 4.90 Å². The molecule has 0 aromatic carbocycles. The summed E-state index contributed by atoms with van der Waals surface area (Å²) in [6.45, 7) is 1.98. The number of piperidine rings is 1. The maximum absolute atomic E-state index is 11.8. The van der Waals surface area contributed by atoms with E-state index >= 15 is 0 Å². The molecule has 0 radical (unpaired) electrons. The van der Waals surface area contributed by atoms with Gasteiger partial charge in [0.15, 0.2) is 4.98 Å². The molecule has 1 rings (SSSR count). The molecular formula is C10H14N3O4+. The molecule has 1 fully saturated rings. The number of rotatable bonds is 3. The lowest BCUT2D eigenvalue weighted by Crippen LogP contribution is -2.41. The van der Waals surface area contributed by atoms with E-state index in [4.69, 9.17) is 5.39 Å². The summed E-state index contributed by atoms with van der Waals surface area (Å²) in [5, 5.41) is 18.0. The molecule has 1 aliphatic rings. The van der Waals surface area contributed by atoms with Gasteiger partial charge in [0, 0.05) is 13.0 Å². The van der Waals surface area contributed by atoms with Crippen LogP contribution in [0.15, 0.2) is 11.6 Å². The number of hydrogen-bond donors (Lipinski definition) is 1. The molecule has 7 nitrogen and oxygen atoms in total. The predicted molar refractivity (Wildman–Crippen MR) is 56.9 cm³/mol. The smallest absolute Gasteiger partial charge is 0.475 e. The molecule has 0 spiro atoms. The van der Waals surface area contributed by atoms with Crippen LogP contribution in [0, 0.1) is 5.39 Å². The zero-order valence-corrected chi connectivity index (χ0v) is 9.55. The molecule has 0 aromatic rings. The third-order valence-corrected chi connectivity index (χ3v) is 2.35. The van der Waals surface area contributed by atoms with Crippen LogP contribution in [0.5, 0.6) is 0 Å². The Balaban J connectivity index is 2.90. The number of aliphatic hydroxyl groups is 1. The van der Waals surface area contributed by atoms with Crippen LogP contribution in [-0.2, 0) is 14.3 Å². The highest BCUT2D eigenvalue weighted by Crippen LogP contribution is 2.16. The standard InChI is InChI=1S/C10H13N3O4/c1-2-17-10(16)8(12-11)9(15)13-6-4-3-5-7(13)14/h2-6H2,1H3/p+1. The van der Waals surface area contributed by atoms with E-state index in [-0.39, 0.29) is 25.5 Å². The molecule has 17 heavy (non-hydrogen) atoms. The second-order valence-corrected chi connectivity index (χ2v) is 3.49. The number of amides is 2. The number of aliphatic hydroxyl groups excluding tert-OH is 1. The molecule has 0 saturated carbocycles. The lowest BCUT2D eigenvalue weighted by atomic mass is 10.1. The van der Waals surface area contributed by atoms with Gasteiger partial charge in [-0.3, -0.25) is 14.5 Å². The third kappa shape index (κ3) is 2.93. The fourth-order valence-electron chi connectivity index (χ4n) is 1.53. The highest BCUT2D eigenvalue weighted by molar-refractivity contribution is 6.05. The van der Waals surface area contributed by atoms with Crippen molar-refractivity contribution < 1.29 is 19.4 Å². The van der Waals surface area contributed by atoms with Crippen molar-refractivity contribution in [3.63, 3.8) is 0 Å². The van der Waals surface area contributed by atoms with Crippen LogP contribution in [0.3, 0.4) is 0 Å². The van der Waals surface area contributed by atoms with Crippen molar-refractivity contribution in [3.05, 3.63) is 16.6 Å². The van der Waals surface area contributed by atoms with Gasteiger partial charge in [0.05, 0.1) is 6.61 Å². The van der Waals surface area contributed by atoms with Gasteiger partial charge in [-0.1, -0.05) is 0 Å². The van der Waals surface area contributed by atoms with Gasteiger partial charge >= 0.3 is 17.5 Å². The maximum atomic E-state index is 11.8. The van der Waals surface area contributed by atoms with Crippen LogP contribution in [0.2, 0.25) is 0 Å². The molecule has 0 atom stereocenters. The molecule has 0 aromatic heterocycles. The Morgan fingerprint density at radius 3 is 2.82 bits per heavy atom. The zero-order valence-electron chi connectivity index (χ0n) is 9.55. The van der Waals surface area contributed by atoms with Gasteiger partial charge in [-0.2, -0.15) is 0 Å². The minimum atomic E-state index is -0.844.